The molecule has 0 saturated heterocycles. The fraction of sp³-hybridized carbons (Fsp3) is 0.333. The van der Waals surface area contributed by atoms with Gasteiger partial charge in [-0.3, -0.25) is 4.79 Å². The van der Waals surface area contributed by atoms with Gasteiger partial charge in [0.1, 0.15) is 18.0 Å². The van der Waals surface area contributed by atoms with Crippen molar-refractivity contribution in [3.05, 3.63) is 59.9 Å². The molecule has 0 amide bonds. The van der Waals surface area contributed by atoms with Gasteiger partial charge >= 0.3 is 0 Å². The SMILES string of the molecule is CC(C)CCC(=O)c1ccc(OCc2c(-c3ccccc3)nnn2C)nc1. The smallest absolute Gasteiger partial charge is 0.213 e. The summed E-state index contributed by atoms with van der Waals surface area (Å²) in [5, 5.41) is 8.34. The molecule has 27 heavy (non-hydrogen) atoms. The van der Waals surface area contributed by atoms with E-state index >= 15 is 0 Å². The summed E-state index contributed by atoms with van der Waals surface area (Å²) in [5.74, 6) is 1.09. The summed E-state index contributed by atoms with van der Waals surface area (Å²) < 4.78 is 7.50. The lowest BCUT2D eigenvalue weighted by atomic mass is 10.0. The lowest BCUT2D eigenvalue weighted by Gasteiger charge is -2.08. The molecular formula is C21H24N4O2. The zero-order chi connectivity index (χ0) is 19.2. The number of hydrogen-bond acceptors (Lipinski definition) is 5. The van der Waals surface area contributed by atoms with Crippen molar-refractivity contribution in [1.82, 2.24) is 20.0 Å². The molecule has 0 atom stereocenters. The lowest BCUT2D eigenvalue weighted by Crippen LogP contribution is -2.06. The Morgan fingerprint density at radius 1 is 1.15 bits per heavy atom. The number of aryl methyl sites for hydroxylation is 1. The molecule has 0 saturated carbocycles. The fourth-order valence-electron chi connectivity index (χ4n) is 2.70. The Balaban J connectivity index is 1.66. The first-order valence-electron chi connectivity index (χ1n) is 9.10. The molecule has 0 spiro atoms. The second kappa shape index (κ2) is 8.58. The third-order valence-electron chi connectivity index (χ3n) is 4.35. The highest BCUT2D eigenvalue weighted by Crippen LogP contribution is 2.22. The van der Waals surface area contributed by atoms with Crippen molar-refractivity contribution in [3.8, 4) is 17.1 Å². The molecule has 0 radical (unpaired) electrons. The Kier molecular flexibility index (Phi) is 5.96. The van der Waals surface area contributed by atoms with Gasteiger partial charge in [0.15, 0.2) is 5.78 Å². The van der Waals surface area contributed by atoms with E-state index in [1.165, 1.54) is 0 Å². The summed E-state index contributed by atoms with van der Waals surface area (Å²) in [4.78, 5) is 16.4. The van der Waals surface area contributed by atoms with Crippen LogP contribution < -0.4 is 4.74 Å². The second-order valence-electron chi connectivity index (χ2n) is 6.90. The van der Waals surface area contributed by atoms with Crippen molar-refractivity contribution in [2.45, 2.75) is 33.3 Å². The number of nitrogens with zero attached hydrogens (tertiary/aromatic N) is 4. The van der Waals surface area contributed by atoms with Crippen LogP contribution in [0.3, 0.4) is 0 Å². The first kappa shape index (κ1) is 18.8. The molecule has 2 heterocycles. The molecule has 0 aliphatic carbocycles. The maximum Gasteiger partial charge on any atom is 0.213 e. The van der Waals surface area contributed by atoms with Crippen LogP contribution in [0, 0.1) is 5.92 Å². The molecule has 140 valence electrons. The molecule has 0 bridgehead atoms. The maximum atomic E-state index is 12.2. The van der Waals surface area contributed by atoms with Crippen molar-refractivity contribution in [2.24, 2.45) is 13.0 Å². The monoisotopic (exact) mass is 364 g/mol. The van der Waals surface area contributed by atoms with E-state index in [0.29, 0.717) is 30.4 Å². The van der Waals surface area contributed by atoms with E-state index < -0.39 is 0 Å². The highest BCUT2D eigenvalue weighted by atomic mass is 16.5. The quantitative estimate of drug-likeness (QED) is 0.563. The van der Waals surface area contributed by atoms with E-state index in [-0.39, 0.29) is 5.78 Å². The van der Waals surface area contributed by atoms with Crippen LogP contribution in [0.2, 0.25) is 0 Å². The Bertz CT molecular complexity index is 886. The average molecular weight is 364 g/mol. The van der Waals surface area contributed by atoms with Crippen LogP contribution in [0.25, 0.3) is 11.3 Å². The molecular weight excluding hydrogens is 340 g/mol. The minimum Gasteiger partial charge on any atom is -0.471 e. The van der Waals surface area contributed by atoms with Crippen LogP contribution >= 0.6 is 0 Å². The summed E-state index contributed by atoms with van der Waals surface area (Å²) in [7, 11) is 1.84. The minimum absolute atomic E-state index is 0.116. The van der Waals surface area contributed by atoms with Crippen LogP contribution in [-0.4, -0.2) is 25.8 Å². The van der Waals surface area contributed by atoms with Crippen molar-refractivity contribution in [1.29, 1.82) is 0 Å². The summed E-state index contributed by atoms with van der Waals surface area (Å²) in [5.41, 5.74) is 3.26. The highest BCUT2D eigenvalue weighted by molar-refractivity contribution is 5.95. The lowest BCUT2D eigenvalue weighted by molar-refractivity contribution is 0.0975. The van der Waals surface area contributed by atoms with E-state index in [1.807, 2.05) is 37.4 Å². The number of pyridine rings is 1. The maximum absolute atomic E-state index is 12.2. The Hall–Kier alpha value is -3.02. The number of Topliss-reactive ketones (excluding diaryl/α,β-unsaturated/α-hetero) is 1. The number of carbonyl (C=O) groups is 1. The molecule has 6 nitrogen and oxygen atoms in total. The van der Waals surface area contributed by atoms with Crippen molar-refractivity contribution >= 4 is 5.78 Å². The largest absolute Gasteiger partial charge is 0.471 e. The van der Waals surface area contributed by atoms with E-state index in [9.17, 15) is 4.79 Å². The number of benzene rings is 1. The topological polar surface area (TPSA) is 69.9 Å². The van der Waals surface area contributed by atoms with E-state index in [1.54, 1.807) is 23.0 Å². The average Bonchev–Trinajstić information content (AvgIpc) is 3.06. The number of hydrogen-bond donors (Lipinski definition) is 0. The fourth-order valence-corrected chi connectivity index (χ4v) is 2.70. The summed E-state index contributed by atoms with van der Waals surface area (Å²) in [6.07, 6.45) is 3.01. The molecule has 0 unspecified atom stereocenters. The Morgan fingerprint density at radius 3 is 2.59 bits per heavy atom. The van der Waals surface area contributed by atoms with E-state index in [0.717, 1.165) is 23.4 Å². The van der Waals surface area contributed by atoms with Crippen molar-refractivity contribution in [3.63, 3.8) is 0 Å². The van der Waals surface area contributed by atoms with E-state index in [4.69, 9.17) is 4.74 Å². The van der Waals surface area contributed by atoms with Gasteiger partial charge in [0, 0.05) is 36.9 Å². The zero-order valence-corrected chi connectivity index (χ0v) is 15.9. The molecule has 6 heteroatoms. The van der Waals surface area contributed by atoms with Crippen LogP contribution in [0.15, 0.2) is 48.7 Å². The van der Waals surface area contributed by atoms with Gasteiger partial charge in [0.25, 0.3) is 0 Å². The summed E-state index contributed by atoms with van der Waals surface area (Å²) >= 11 is 0. The predicted octanol–water partition coefficient (Wildman–Crippen LogP) is 4.08. The third kappa shape index (κ3) is 4.78. The van der Waals surface area contributed by atoms with Gasteiger partial charge in [-0.05, 0) is 18.4 Å². The number of ketones is 1. The third-order valence-corrected chi connectivity index (χ3v) is 4.35. The van der Waals surface area contributed by atoms with Gasteiger partial charge in [0.2, 0.25) is 5.88 Å². The first-order valence-corrected chi connectivity index (χ1v) is 9.10. The standard InChI is InChI=1S/C21H24N4O2/c1-15(2)9-11-19(26)17-10-12-20(22-13-17)27-14-18-21(23-24-25(18)3)16-7-5-4-6-8-16/h4-8,10,12-13,15H,9,11,14H2,1-3H3. The highest BCUT2D eigenvalue weighted by Gasteiger charge is 2.14. The molecule has 0 aliphatic heterocycles. The molecule has 3 aromatic rings. The van der Waals surface area contributed by atoms with E-state index in [2.05, 4.69) is 29.1 Å². The van der Waals surface area contributed by atoms with Crippen LogP contribution in [0.5, 0.6) is 5.88 Å². The zero-order valence-electron chi connectivity index (χ0n) is 15.9. The number of aromatic nitrogens is 4. The van der Waals surface area contributed by atoms with Crippen LogP contribution in [-0.2, 0) is 13.7 Å². The molecule has 0 N–H and O–H groups in total. The molecule has 3 rings (SSSR count). The molecule has 2 aromatic heterocycles. The molecule has 0 aliphatic rings. The second-order valence-corrected chi connectivity index (χ2v) is 6.90. The van der Waals surface area contributed by atoms with Crippen LogP contribution in [0.4, 0.5) is 0 Å². The van der Waals surface area contributed by atoms with Crippen molar-refractivity contribution < 1.29 is 9.53 Å². The van der Waals surface area contributed by atoms with Gasteiger partial charge < -0.3 is 4.74 Å². The number of rotatable bonds is 8. The molecule has 0 fully saturated rings. The van der Waals surface area contributed by atoms with Gasteiger partial charge in [-0.2, -0.15) is 0 Å². The minimum atomic E-state index is 0.116. The Morgan fingerprint density at radius 2 is 1.93 bits per heavy atom. The Labute approximate surface area is 159 Å². The summed E-state index contributed by atoms with van der Waals surface area (Å²) in [6.45, 7) is 4.51. The number of ether oxygens (including phenoxy) is 1. The predicted molar refractivity (Wildman–Crippen MR) is 103 cm³/mol. The summed E-state index contributed by atoms with van der Waals surface area (Å²) in [6, 6.07) is 13.4. The van der Waals surface area contributed by atoms with Gasteiger partial charge in [-0.15, -0.1) is 5.10 Å². The first-order chi connectivity index (χ1) is 13.0. The van der Waals surface area contributed by atoms with Gasteiger partial charge in [-0.1, -0.05) is 49.4 Å². The normalized spacial score (nSPS) is 11.0. The number of carbonyl (C=O) groups excluding carboxylic acids is 1. The van der Waals surface area contributed by atoms with Gasteiger partial charge in [-0.25, -0.2) is 9.67 Å². The van der Waals surface area contributed by atoms with Crippen molar-refractivity contribution in [2.75, 3.05) is 0 Å². The van der Waals surface area contributed by atoms with Gasteiger partial charge in [0.05, 0.1) is 0 Å². The molecule has 1 aromatic carbocycles. The van der Waals surface area contributed by atoms with Crippen LogP contribution in [0.1, 0.15) is 42.7 Å².